The van der Waals surface area contributed by atoms with Crippen LogP contribution in [0.1, 0.15) is 45.3 Å². The Bertz CT molecular complexity index is 381. The molecule has 1 unspecified atom stereocenters. The summed E-state index contributed by atoms with van der Waals surface area (Å²) in [6, 6.07) is 9.77. The highest BCUT2D eigenvalue weighted by molar-refractivity contribution is 5.85. The van der Waals surface area contributed by atoms with Crippen LogP contribution in [0.2, 0.25) is 0 Å². The van der Waals surface area contributed by atoms with Crippen LogP contribution in [-0.4, -0.2) is 12.5 Å². The van der Waals surface area contributed by atoms with Crippen LogP contribution in [0.25, 0.3) is 0 Å². The first kappa shape index (κ1) is 18.9. The summed E-state index contributed by atoms with van der Waals surface area (Å²) in [6.45, 7) is 6.71. The average molecular weight is 300 g/mol. The molecule has 0 aliphatic rings. The van der Waals surface area contributed by atoms with E-state index in [0.29, 0.717) is 18.9 Å². The van der Waals surface area contributed by atoms with E-state index in [0.717, 1.165) is 12.0 Å². The average Bonchev–Trinajstić information content (AvgIpc) is 2.38. The normalized spacial score (nSPS) is 13.4. The standard InChI is InChI=1S/C16H25NO2.ClH/c1-12(2)9-14(11-17)10-16(18)19-13(3)15-7-5-4-6-8-15;/h4-8,12-14H,9-11,17H2,1-3H3;1H/t13?,14-;/m0./s1. The lowest BCUT2D eigenvalue weighted by molar-refractivity contribution is -0.149. The van der Waals surface area contributed by atoms with Gasteiger partial charge in [0.2, 0.25) is 0 Å². The van der Waals surface area contributed by atoms with Crippen LogP contribution in [0.5, 0.6) is 0 Å². The zero-order chi connectivity index (χ0) is 14.3. The molecule has 0 spiro atoms. The Hall–Kier alpha value is -1.06. The molecule has 1 aromatic carbocycles. The molecule has 114 valence electrons. The molecule has 0 radical (unpaired) electrons. The summed E-state index contributed by atoms with van der Waals surface area (Å²) in [4.78, 5) is 11.9. The zero-order valence-electron chi connectivity index (χ0n) is 12.5. The summed E-state index contributed by atoms with van der Waals surface area (Å²) in [6.07, 6.45) is 1.17. The summed E-state index contributed by atoms with van der Waals surface area (Å²) in [5, 5.41) is 0. The van der Waals surface area contributed by atoms with Crippen molar-refractivity contribution in [2.75, 3.05) is 6.54 Å². The van der Waals surface area contributed by atoms with Gasteiger partial charge in [0.15, 0.2) is 0 Å². The van der Waals surface area contributed by atoms with Crippen LogP contribution >= 0.6 is 12.4 Å². The minimum atomic E-state index is -0.203. The molecule has 4 heteroatoms. The monoisotopic (exact) mass is 299 g/mol. The molecule has 2 N–H and O–H groups in total. The number of carbonyl (C=O) groups excluding carboxylic acids is 1. The summed E-state index contributed by atoms with van der Waals surface area (Å²) >= 11 is 0. The van der Waals surface area contributed by atoms with Gasteiger partial charge in [-0.15, -0.1) is 12.4 Å². The lowest BCUT2D eigenvalue weighted by Crippen LogP contribution is -2.21. The Morgan fingerprint density at radius 1 is 1.20 bits per heavy atom. The Balaban J connectivity index is 0.00000361. The Kier molecular flexibility index (Phi) is 9.26. The SMILES string of the molecule is CC(C)C[C@H](CN)CC(=O)OC(C)c1ccccc1.Cl. The molecule has 0 amide bonds. The third-order valence-corrected chi connectivity index (χ3v) is 3.17. The van der Waals surface area contributed by atoms with Gasteiger partial charge in [0.1, 0.15) is 6.10 Å². The third-order valence-electron chi connectivity index (χ3n) is 3.17. The van der Waals surface area contributed by atoms with Crippen molar-refractivity contribution in [2.45, 2.75) is 39.7 Å². The Labute approximate surface area is 128 Å². The molecule has 1 aromatic rings. The molecular weight excluding hydrogens is 274 g/mol. The number of carbonyl (C=O) groups is 1. The maximum Gasteiger partial charge on any atom is 0.306 e. The number of ether oxygens (including phenoxy) is 1. The first-order valence-electron chi connectivity index (χ1n) is 6.97. The van der Waals surface area contributed by atoms with E-state index < -0.39 is 0 Å². The number of hydrogen-bond acceptors (Lipinski definition) is 3. The highest BCUT2D eigenvalue weighted by Crippen LogP contribution is 2.20. The molecule has 0 heterocycles. The smallest absolute Gasteiger partial charge is 0.306 e. The summed E-state index contributed by atoms with van der Waals surface area (Å²) in [5.74, 6) is 0.607. The summed E-state index contributed by atoms with van der Waals surface area (Å²) in [5.41, 5.74) is 6.72. The van der Waals surface area contributed by atoms with E-state index in [2.05, 4.69) is 13.8 Å². The molecule has 0 saturated carbocycles. The Morgan fingerprint density at radius 2 is 1.80 bits per heavy atom. The van der Waals surface area contributed by atoms with Crippen molar-refractivity contribution in [3.63, 3.8) is 0 Å². The predicted octanol–water partition coefficient (Wildman–Crippen LogP) is 3.72. The topological polar surface area (TPSA) is 52.3 Å². The molecule has 0 aliphatic heterocycles. The number of hydrogen-bond donors (Lipinski definition) is 1. The van der Waals surface area contributed by atoms with E-state index in [1.165, 1.54) is 0 Å². The maximum atomic E-state index is 11.9. The van der Waals surface area contributed by atoms with Crippen molar-refractivity contribution in [2.24, 2.45) is 17.6 Å². The van der Waals surface area contributed by atoms with Crippen LogP contribution in [-0.2, 0) is 9.53 Å². The molecule has 3 nitrogen and oxygen atoms in total. The number of halogens is 1. The number of rotatable bonds is 7. The molecule has 0 bridgehead atoms. The van der Waals surface area contributed by atoms with Crippen LogP contribution < -0.4 is 5.73 Å². The van der Waals surface area contributed by atoms with Crippen molar-refractivity contribution in [1.29, 1.82) is 0 Å². The van der Waals surface area contributed by atoms with Crippen LogP contribution in [0.15, 0.2) is 30.3 Å². The van der Waals surface area contributed by atoms with Gasteiger partial charge in [-0.25, -0.2) is 0 Å². The van der Waals surface area contributed by atoms with Crippen molar-refractivity contribution in [3.8, 4) is 0 Å². The van der Waals surface area contributed by atoms with Crippen molar-refractivity contribution < 1.29 is 9.53 Å². The van der Waals surface area contributed by atoms with Crippen LogP contribution in [0.4, 0.5) is 0 Å². The number of esters is 1. The van der Waals surface area contributed by atoms with Gasteiger partial charge in [0.05, 0.1) is 0 Å². The van der Waals surface area contributed by atoms with Gasteiger partial charge in [-0.2, -0.15) is 0 Å². The van der Waals surface area contributed by atoms with Crippen molar-refractivity contribution in [3.05, 3.63) is 35.9 Å². The van der Waals surface area contributed by atoms with Gasteiger partial charge < -0.3 is 10.5 Å². The second-order valence-electron chi connectivity index (χ2n) is 5.48. The molecule has 0 saturated heterocycles. The predicted molar refractivity (Wildman–Crippen MR) is 84.8 cm³/mol. The quantitative estimate of drug-likeness (QED) is 0.781. The minimum Gasteiger partial charge on any atom is -0.458 e. The number of nitrogens with two attached hydrogens (primary N) is 1. The minimum absolute atomic E-state index is 0. The largest absolute Gasteiger partial charge is 0.458 e. The van der Waals surface area contributed by atoms with Gasteiger partial charge in [-0.05, 0) is 37.3 Å². The van der Waals surface area contributed by atoms with E-state index in [1.54, 1.807) is 0 Å². The van der Waals surface area contributed by atoms with Gasteiger partial charge in [-0.3, -0.25) is 4.79 Å². The molecule has 0 fully saturated rings. The van der Waals surface area contributed by atoms with Crippen LogP contribution in [0.3, 0.4) is 0 Å². The van der Waals surface area contributed by atoms with E-state index >= 15 is 0 Å². The molecule has 1 rings (SSSR count). The van der Waals surface area contributed by atoms with E-state index in [9.17, 15) is 4.79 Å². The van der Waals surface area contributed by atoms with Crippen molar-refractivity contribution in [1.82, 2.24) is 0 Å². The second kappa shape index (κ2) is 9.78. The fraction of sp³-hybridized carbons (Fsp3) is 0.562. The van der Waals surface area contributed by atoms with Gasteiger partial charge >= 0.3 is 5.97 Å². The summed E-state index contributed by atoms with van der Waals surface area (Å²) in [7, 11) is 0. The van der Waals surface area contributed by atoms with Crippen LogP contribution in [0, 0.1) is 11.8 Å². The lowest BCUT2D eigenvalue weighted by Gasteiger charge is -2.18. The maximum absolute atomic E-state index is 11.9. The molecule has 0 aromatic heterocycles. The highest BCUT2D eigenvalue weighted by atomic mass is 35.5. The fourth-order valence-electron chi connectivity index (χ4n) is 2.20. The summed E-state index contributed by atoms with van der Waals surface area (Å²) < 4.78 is 5.46. The van der Waals surface area contributed by atoms with Gasteiger partial charge in [-0.1, -0.05) is 44.2 Å². The van der Waals surface area contributed by atoms with E-state index in [-0.39, 0.29) is 30.4 Å². The molecular formula is C16H26ClNO2. The fourth-order valence-corrected chi connectivity index (χ4v) is 2.20. The number of benzene rings is 1. The first-order valence-corrected chi connectivity index (χ1v) is 6.97. The third kappa shape index (κ3) is 6.92. The Morgan fingerprint density at radius 3 is 2.30 bits per heavy atom. The second-order valence-corrected chi connectivity index (χ2v) is 5.48. The van der Waals surface area contributed by atoms with Gasteiger partial charge in [0.25, 0.3) is 0 Å². The lowest BCUT2D eigenvalue weighted by atomic mass is 9.94. The van der Waals surface area contributed by atoms with Gasteiger partial charge in [0, 0.05) is 6.42 Å². The van der Waals surface area contributed by atoms with E-state index in [1.807, 2.05) is 37.3 Å². The molecule has 0 aliphatic carbocycles. The first-order chi connectivity index (χ1) is 9.02. The molecule has 20 heavy (non-hydrogen) atoms. The van der Waals surface area contributed by atoms with Crippen molar-refractivity contribution >= 4 is 18.4 Å². The zero-order valence-corrected chi connectivity index (χ0v) is 13.4. The highest BCUT2D eigenvalue weighted by Gasteiger charge is 2.17. The van der Waals surface area contributed by atoms with E-state index in [4.69, 9.17) is 10.5 Å². The molecule has 2 atom stereocenters.